The molecule has 4 heteroatoms. The Balaban J connectivity index is 1.78. The van der Waals surface area contributed by atoms with Crippen LogP contribution in [0, 0.1) is 13.8 Å². The van der Waals surface area contributed by atoms with Gasteiger partial charge in [0.05, 0.1) is 17.9 Å². The lowest BCUT2D eigenvalue weighted by atomic mass is 10.0. The Kier molecular flexibility index (Phi) is 4.82. The van der Waals surface area contributed by atoms with Crippen LogP contribution in [0.5, 0.6) is 0 Å². The van der Waals surface area contributed by atoms with E-state index in [0.29, 0.717) is 13.0 Å². The van der Waals surface area contributed by atoms with Crippen LogP contribution in [0.15, 0.2) is 36.4 Å². The molecule has 0 saturated heterocycles. The maximum Gasteiger partial charge on any atom is 0.220 e. The van der Waals surface area contributed by atoms with E-state index in [0.717, 1.165) is 17.8 Å². The van der Waals surface area contributed by atoms with Gasteiger partial charge in [0.15, 0.2) is 0 Å². The zero-order valence-electron chi connectivity index (χ0n) is 11.9. The van der Waals surface area contributed by atoms with Gasteiger partial charge in [-0.05, 0) is 43.5 Å². The fourth-order valence-corrected chi connectivity index (χ4v) is 1.94. The van der Waals surface area contributed by atoms with E-state index in [2.05, 4.69) is 34.6 Å². The Labute approximate surface area is 119 Å². The third kappa shape index (κ3) is 4.16. The van der Waals surface area contributed by atoms with Gasteiger partial charge >= 0.3 is 0 Å². The second-order valence-electron chi connectivity index (χ2n) is 4.87. The summed E-state index contributed by atoms with van der Waals surface area (Å²) in [5.41, 5.74) is 4.10. The quantitative estimate of drug-likeness (QED) is 0.906. The Morgan fingerprint density at radius 3 is 2.60 bits per heavy atom. The Morgan fingerprint density at radius 1 is 1.10 bits per heavy atom. The van der Waals surface area contributed by atoms with Crippen molar-refractivity contribution < 1.29 is 4.79 Å². The van der Waals surface area contributed by atoms with Crippen LogP contribution in [0.3, 0.4) is 0 Å². The van der Waals surface area contributed by atoms with Gasteiger partial charge in [0.1, 0.15) is 0 Å². The molecule has 1 heterocycles. The van der Waals surface area contributed by atoms with Crippen LogP contribution in [-0.4, -0.2) is 16.1 Å². The van der Waals surface area contributed by atoms with Crippen LogP contribution in [0.4, 0.5) is 0 Å². The number of rotatable bonds is 5. The maximum atomic E-state index is 11.8. The highest BCUT2D eigenvalue weighted by atomic mass is 16.1. The van der Waals surface area contributed by atoms with Gasteiger partial charge in [-0.1, -0.05) is 24.3 Å². The van der Waals surface area contributed by atoms with Gasteiger partial charge in [0, 0.05) is 6.42 Å². The van der Waals surface area contributed by atoms with Crippen LogP contribution >= 0.6 is 0 Å². The average molecular weight is 269 g/mol. The third-order valence-electron chi connectivity index (χ3n) is 3.20. The monoisotopic (exact) mass is 269 g/mol. The van der Waals surface area contributed by atoms with E-state index in [9.17, 15) is 4.79 Å². The van der Waals surface area contributed by atoms with Crippen molar-refractivity contribution in [3.05, 3.63) is 58.9 Å². The molecule has 2 aromatic rings. The highest BCUT2D eigenvalue weighted by molar-refractivity contribution is 5.76. The van der Waals surface area contributed by atoms with Crippen LogP contribution in [0.1, 0.15) is 28.9 Å². The second kappa shape index (κ2) is 6.80. The van der Waals surface area contributed by atoms with E-state index in [-0.39, 0.29) is 5.91 Å². The summed E-state index contributed by atoms with van der Waals surface area (Å²) in [4.78, 5) is 11.8. The molecule has 2 rings (SSSR count). The fraction of sp³-hybridized carbons (Fsp3) is 0.312. The largest absolute Gasteiger partial charge is 0.350 e. The lowest BCUT2D eigenvalue weighted by Crippen LogP contribution is -2.23. The molecule has 4 nitrogen and oxygen atoms in total. The first-order chi connectivity index (χ1) is 9.65. The van der Waals surface area contributed by atoms with Gasteiger partial charge in [0.25, 0.3) is 0 Å². The summed E-state index contributed by atoms with van der Waals surface area (Å²) in [7, 11) is 0. The summed E-state index contributed by atoms with van der Waals surface area (Å²) in [6, 6.07) is 11.9. The van der Waals surface area contributed by atoms with Gasteiger partial charge in [-0.3, -0.25) is 4.79 Å². The number of nitrogens with one attached hydrogen (secondary N) is 1. The number of amides is 1. The summed E-state index contributed by atoms with van der Waals surface area (Å²) in [6.07, 6.45) is 1.25. The van der Waals surface area contributed by atoms with Gasteiger partial charge in [0.2, 0.25) is 5.91 Å². The number of aromatic nitrogens is 2. The molecule has 1 aromatic heterocycles. The molecule has 1 N–H and O–H groups in total. The lowest BCUT2D eigenvalue weighted by Gasteiger charge is -2.06. The van der Waals surface area contributed by atoms with Crippen molar-refractivity contribution in [2.75, 3.05) is 0 Å². The molecule has 0 aliphatic heterocycles. The number of carbonyl (C=O) groups is 1. The summed E-state index contributed by atoms with van der Waals surface area (Å²) >= 11 is 0. The fourth-order valence-electron chi connectivity index (χ4n) is 1.94. The van der Waals surface area contributed by atoms with Gasteiger partial charge in [-0.2, -0.15) is 10.2 Å². The van der Waals surface area contributed by atoms with E-state index in [1.807, 2.05) is 31.2 Å². The first-order valence-corrected chi connectivity index (χ1v) is 6.75. The molecule has 0 atom stereocenters. The van der Waals surface area contributed by atoms with E-state index >= 15 is 0 Å². The van der Waals surface area contributed by atoms with E-state index in [1.165, 1.54) is 11.1 Å². The minimum Gasteiger partial charge on any atom is -0.350 e. The number of hydrogen-bond donors (Lipinski definition) is 1. The molecule has 0 bridgehead atoms. The molecule has 0 fully saturated rings. The molecule has 0 saturated carbocycles. The van der Waals surface area contributed by atoms with E-state index in [1.54, 1.807) is 0 Å². The Hall–Kier alpha value is -2.23. The minimum atomic E-state index is 0.0376. The summed E-state index contributed by atoms with van der Waals surface area (Å²) in [6.45, 7) is 4.38. The van der Waals surface area contributed by atoms with Crippen molar-refractivity contribution >= 4 is 5.91 Å². The third-order valence-corrected chi connectivity index (χ3v) is 3.20. The molecular weight excluding hydrogens is 250 g/mol. The molecule has 20 heavy (non-hydrogen) atoms. The zero-order chi connectivity index (χ0) is 14.4. The standard InChI is InChI=1S/C16H19N3O/c1-12-5-3-4-6-14(12)8-10-16(20)17-11-15-9-7-13(2)18-19-15/h3-7,9H,8,10-11H2,1-2H3,(H,17,20). The van der Waals surface area contributed by atoms with Crippen molar-refractivity contribution in [1.29, 1.82) is 0 Å². The number of aryl methyl sites for hydroxylation is 3. The van der Waals surface area contributed by atoms with Gasteiger partial charge < -0.3 is 5.32 Å². The van der Waals surface area contributed by atoms with Crippen LogP contribution in [0.25, 0.3) is 0 Å². The van der Waals surface area contributed by atoms with Crippen LogP contribution in [0.2, 0.25) is 0 Å². The van der Waals surface area contributed by atoms with Crippen LogP contribution < -0.4 is 5.32 Å². The molecular formula is C16H19N3O. The molecule has 0 spiro atoms. The molecule has 104 valence electrons. The van der Waals surface area contributed by atoms with E-state index < -0.39 is 0 Å². The Bertz CT molecular complexity index is 579. The maximum absolute atomic E-state index is 11.8. The molecule has 1 aromatic carbocycles. The topological polar surface area (TPSA) is 54.9 Å². The van der Waals surface area contributed by atoms with Crippen LogP contribution in [-0.2, 0) is 17.8 Å². The summed E-state index contributed by atoms with van der Waals surface area (Å²) < 4.78 is 0. The predicted octanol–water partition coefficient (Wildman–Crippen LogP) is 2.34. The molecule has 0 radical (unpaired) electrons. The first kappa shape index (κ1) is 14.2. The van der Waals surface area contributed by atoms with Crippen molar-refractivity contribution in [2.45, 2.75) is 33.2 Å². The first-order valence-electron chi connectivity index (χ1n) is 6.75. The van der Waals surface area contributed by atoms with Crippen molar-refractivity contribution in [2.24, 2.45) is 0 Å². The van der Waals surface area contributed by atoms with Gasteiger partial charge in [-0.15, -0.1) is 0 Å². The molecule has 0 aliphatic carbocycles. The average Bonchev–Trinajstić information content (AvgIpc) is 2.46. The van der Waals surface area contributed by atoms with Crippen molar-refractivity contribution in [3.8, 4) is 0 Å². The molecule has 0 aliphatic rings. The normalized spacial score (nSPS) is 10.3. The summed E-state index contributed by atoms with van der Waals surface area (Å²) in [5.74, 6) is 0.0376. The molecule has 1 amide bonds. The number of hydrogen-bond acceptors (Lipinski definition) is 3. The lowest BCUT2D eigenvalue weighted by molar-refractivity contribution is -0.121. The molecule has 0 unspecified atom stereocenters. The zero-order valence-corrected chi connectivity index (χ0v) is 11.9. The highest BCUT2D eigenvalue weighted by Crippen LogP contribution is 2.09. The number of nitrogens with zero attached hydrogens (tertiary/aromatic N) is 2. The highest BCUT2D eigenvalue weighted by Gasteiger charge is 2.04. The van der Waals surface area contributed by atoms with Crippen molar-refractivity contribution in [3.63, 3.8) is 0 Å². The Morgan fingerprint density at radius 2 is 1.90 bits per heavy atom. The minimum absolute atomic E-state index is 0.0376. The SMILES string of the molecule is Cc1ccc(CNC(=O)CCc2ccccc2C)nn1. The number of benzene rings is 1. The smallest absolute Gasteiger partial charge is 0.220 e. The van der Waals surface area contributed by atoms with Gasteiger partial charge in [-0.25, -0.2) is 0 Å². The van der Waals surface area contributed by atoms with Crippen molar-refractivity contribution in [1.82, 2.24) is 15.5 Å². The van der Waals surface area contributed by atoms with E-state index in [4.69, 9.17) is 0 Å². The predicted molar refractivity (Wildman–Crippen MR) is 78.1 cm³/mol. The second-order valence-corrected chi connectivity index (χ2v) is 4.87. The summed E-state index contributed by atoms with van der Waals surface area (Å²) in [5, 5.41) is 10.8. The number of carbonyl (C=O) groups excluding carboxylic acids is 1.